The number of nitrogens with zero attached hydrogens (tertiary/aromatic N) is 3. The maximum Gasteiger partial charge on any atom is 0.255 e. The molecule has 1 N–H and O–H groups in total. The van der Waals surface area contributed by atoms with Gasteiger partial charge in [-0.05, 0) is 60.0 Å². The summed E-state index contributed by atoms with van der Waals surface area (Å²) in [6.07, 6.45) is 1.78. The van der Waals surface area contributed by atoms with Gasteiger partial charge in [-0.15, -0.1) is 0 Å². The van der Waals surface area contributed by atoms with Crippen LogP contribution in [0.1, 0.15) is 15.9 Å². The maximum atomic E-state index is 13.7. The number of carbonyl (C=O) groups excluding carboxylic acids is 1. The Morgan fingerprint density at radius 1 is 0.972 bits per heavy atom. The van der Waals surface area contributed by atoms with Crippen molar-refractivity contribution >= 4 is 57.6 Å². The van der Waals surface area contributed by atoms with Crippen LogP contribution in [-0.2, 0) is 6.54 Å². The van der Waals surface area contributed by atoms with Crippen molar-refractivity contribution in [3.8, 4) is 0 Å². The van der Waals surface area contributed by atoms with Gasteiger partial charge in [0.25, 0.3) is 5.91 Å². The van der Waals surface area contributed by atoms with Crippen LogP contribution >= 0.6 is 35.1 Å². The topological polar surface area (TPSA) is 48.5 Å². The lowest BCUT2D eigenvalue weighted by atomic mass is 10.1. The number of hydrogen-bond acceptors (Lipinski definition) is 5. The van der Waals surface area contributed by atoms with Crippen molar-refractivity contribution in [2.75, 3.05) is 30.9 Å². The average Bonchev–Trinajstić information content (AvgIpc) is 2.90. The molecule has 36 heavy (non-hydrogen) atoms. The number of amides is 1. The summed E-state index contributed by atoms with van der Waals surface area (Å²) in [5.41, 5.74) is 3.07. The standard InChI is InChI=1S/C27H23Cl2FN4OS/c28-22-9-6-18(15-24(22)30)17-33-11-13-34(14-12-33)27(35)21-8-7-20(16-23(21)29)32-36-25-5-1-3-19-4-2-10-31-26(19)25/h1-10,15-16,32H,11-14,17H2. The van der Waals surface area contributed by atoms with Gasteiger partial charge in [0.15, 0.2) is 0 Å². The van der Waals surface area contributed by atoms with Crippen LogP contribution in [0.15, 0.2) is 77.8 Å². The smallest absolute Gasteiger partial charge is 0.255 e. The van der Waals surface area contributed by atoms with E-state index in [-0.39, 0.29) is 10.9 Å². The van der Waals surface area contributed by atoms with Gasteiger partial charge in [0.2, 0.25) is 0 Å². The van der Waals surface area contributed by atoms with Crippen LogP contribution in [0.2, 0.25) is 10.0 Å². The second-order valence-corrected chi connectivity index (χ2v) is 10.2. The average molecular weight is 541 g/mol. The van der Waals surface area contributed by atoms with Gasteiger partial charge in [-0.2, -0.15) is 0 Å². The molecule has 5 rings (SSSR count). The fourth-order valence-corrected chi connectivity index (χ4v) is 5.35. The molecule has 1 saturated heterocycles. The number of nitrogens with one attached hydrogen (secondary N) is 1. The molecule has 9 heteroatoms. The molecule has 0 radical (unpaired) electrons. The molecule has 0 bridgehead atoms. The van der Waals surface area contributed by atoms with Crippen molar-refractivity contribution < 1.29 is 9.18 Å². The van der Waals surface area contributed by atoms with Gasteiger partial charge in [0, 0.05) is 50.0 Å². The molecule has 184 valence electrons. The number of aromatic nitrogens is 1. The van der Waals surface area contributed by atoms with Crippen LogP contribution in [0.5, 0.6) is 0 Å². The minimum atomic E-state index is -0.414. The molecular weight excluding hydrogens is 518 g/mol. The highest BCUT2D eigenvalue weighted by atomic mass is 35.5. The summed E-state index contributed by atoms with van der Waals surface area (Å²) in [4.78, 5) is 22.6. The van der Waals surface area contributed by atoms with Gasteiger partial charge in [0.1, 0.15) is 5.82 Å². The van der Waals surface area contributed by atoms with Crippen LogP contribution < -0.4 is 4.72 Å². The molecule has 1 fully saturated rings. The molecule has 1 aliphatic rings. The Kier molecular flexibility index (Phi) is 7.62. The zero-order chi connectivity index (χ0) is 25.1. The first-order valence-electron chi connectivity index (χ1n) is 11.5. The Labute approximate surface area is 223 Å². The van der Waals surface area contributed by atoms with E-state index in [9.17, 15) is 9.18 Å². The zero-order valence-corrected chi connectivity index (χ0v) is 21.6. The molecule has 0 spiro atoms. The largest absolute Gasteiger partial charge is 0.336 e. The third-order valence-electron chi connectivity index (χ3n) is 6.12. The van der Waals surface area contributed by atoms with Crippen LogP contribution in [-0.4, -0.2) is 46.9 Å². The first-order chi connectivity index (χ1) is 17.5. The van der Waals surface area contributed by atoms with Gasteiger partial charge >= 0.3 is 0 Å². The molecule has 0 saturated carbocycles. The van der Waals surface area contributed by atoms with E-state index in [2.05, 4.69) is 14.6 Å². The van der Waals surface area contributed by atoms with Gasteiger partial charge < -0.3 is 9.62 Å². The molecule has 1 aliphatic heterocycles. The highest BCUT2D eigenvalue weighted by Gasteiger charge is 2.24. The summed E-state index contributed by atoms with van der Waals surface area (Å²) in [5, 5.41) is 1.60. The number of carbonyl (C=O) groups is 1. The Hall–Kier alpha value is -2.84. The zero-order valence-electron chi connectivity index (χ0n) is 19.3. The predicted molar refractivity (Wildman–Crippen MR) is 145 cm³/mol. The van der Waals surface area contributed by atoms with Crippen molar-refractivity contribution in [2.24, 2.45) is 0 Å². The quantitative estimate of drug-likeness (QED) is 0.274. The molecule has 0 aliphatic carbocycles. The van der Waals surface area contributed by atoms with E-state index >= 15 is 0 Å². The lowest BCUT2D eigenvalue weighted by Gasteiger charge is -2.35. The summed E-state index contributed by atoms with van der Waals surface area (Å²) in [5.74, 6) is -0.502. The van der Waals surface area contributed by atoms with Crippen molar-refractivity contribution in [2.45, 2.75) is 11.4 Å². The summed E-state index contributed by atoms with van der Waals surface area (Å²) in [6.45, 7) is 3.16. The third kappa shape index (κ3) is 5.60. The number of anilines is 1. The molecule has 3 aromatic carbocycles. The highest BCUT2D eigenvalue weighted by molar-refractivity contribution is 8.00. The summed E-state index contributed by atoms with van der Waals surface area (Å²) in [6, 6.07) is 20.2. The first kappa shape index (κ1) is 24.8. The number of pyridine rings is 1. The first-order valence-corrected chi connectivity index (χ1v) is 13.1. The van der Waals surface area contributed by atoms with Gasteiger partial charge in [0.05, 0.1) is 26.0 Å². The molecule has 2 heterocycles. The summed E-state index contributed by atoms with van der Waals surface area (Å²) < 4.78 is 17.0. The lowest BCUT2D eigenvalue weighted by molar-refractivity contribution is 0.0628. The van der Waals surface area contributed by atoms with Crippen LogP contribution in [0.25, 0.3) is 10.9 Å². The van der Waals surface area contributed by atoms with E-state index < -0.39 is 5.82 Å². The van der Waals surface area contributed by atoms with Crippen molar-refractivity contribution in [3.63, 3.8) is 0 Å². The number of para-hydroxylation sites is 1. The summed E-state index contributed by atoms with van der Waals surface area (Å²) >= 11 is 13.7. The third-order valence-corrected chi connectivity index (χ3v) is 7.63. The normalized spacial score (nSPS) is 14.2. The number of hydrogen-bond donors (Lipinski definition) is 1. The monoisotopic (exact) mass is 540 g/mol. The molecule has 4 aromatic rings. The summed E-state index contributed by atoms with van der Waals surface area (Å²) in [7, 11) is 0. The van der Waals surface area contributed by atoms with Crippen LogP contribution in [0.4, 0.5) is 10.1 Å². The van der Waals surface area contributed by atoms with E-state index in [0.29, 0.717) is 43.3 Å². The highest BCUT2D eigenvalue weighted by Crippen LogP contribution is 2.30. The second kappa shape index (κ2) is 11.0. The number of halogens is 3. The Morgan fingerprint density at radius 2 is 1.78 bits per heavy atom. The van der Waals surface area contributed by atoms with Crippen molar-refractivity contribution in [1.29, 1.82) is 0 Å². The molecular formula is C27H23Cl2FN4OS. The Balaban J connectivity index is 1.18. The lowest BCUT2D eigenvalue weighted by Crippen LogP contribution is -2.48. The second-order valence-electron chi connectivity index (χ2n) is 8.55. The van der Waals surface area contributed by atoms with E-state index in [1.165, 1.54) is 18.0 Å². The van der Waals surface area contributed by atoms with Crippen LogP contribution in [0, 0.1) is 5.82 Å². The van der Waals surface area contributed by atoms with Crippen molar-refractivity contribution in [1.82, 2.24) is 14.8 Å². The van der Waals surface area contributed by atoms with Gasteiger partial charge in [-0.25, -0.2) is 4.39 Å². The minimum Gasteiger partial charge on any atom is -0.336 e. The van der Waals surface area contributed by atoms with E-state index in [1.807, 2.05) is 47.4 Å². The number of piperazine rings is 1. The number of rotatable bonds is 6. The number of benzene rings is 3. The van der Waals surface area contributed by atoms with Crippen LogP contribution in [0.3, 0.4) is 0 Å². The SMILES string of the molecule is O=C(c1ccc(NSc2cccc3cccnc23)cc1Cl)N1CCN(Cc2ccc(Cl)c(F)c2)CC1. The van der Waals surface area contributed by atoms with Gasteiger partial charge in [-0.3, -0.25) is 14.7 Å². The molecule has 0 atom stereocenters. The van der Waals surface area contributed by atoms with E-state index in [1.54, 1.807) is 24.4 Å². The fourth-order valence-electron chi connectivity index (χ4n) is 4.20. The van der Waals surface area contributed by atoms with Crippen molar-refractivity contribution in [3.05, 3.63) is 99.9 Å². The maximum absolute atomic E-state index is 13.7. The number of fused-ring (bicyclic) bond motifs is 1. The van der Waals surface area contributed by atoms with Gasteiger partial charge in [-0.1, -0.05) is 47.5 Å². The molecule has 1 aromatic heterocycles. The predicted octanol–water partition coefficient (Wildman–Crippen LogP) is 6.76. The molecule has 5 nitrogen and oxygen atoms in total. The van der Waals surface area contributed by atoms with E-state index in [0.717, 1.165) is 27.0 Å². The Bertz CT molecular complexity index is 1410. The van der Waals surface area contributed by atoms with E-state index in [4.69, 9.17) is 23.2 Å². The fraction of sp³-hybridized carbons (Fsp3) is 0.185. The molecule has 0 unspecified atom stereocenters. The molecule has 1 amide bonds. The Morgan fingerprint density at radius 3 is 2.56 bits per heavy atom. The minimum absolute atomic E-state index is 0.0883.